The van der Waals surface area contributed by atoms with Crippen LogP contribution in [0.15, 0.2) is 182 Å². The number of benzene rings is 5. The van der Waals surface area contributed by atoms with Gasteiger partial charge in [-0.25, -0.2) is 4.99 Å². The Bertz CT molecular complexity index is 2400. The second-order valence-corrected chi connectivity index (χ2v) is 12.7. The molecule has 1 unspecified atom stereocenters. The highest BCUT2D eigenvalue weighted by molar-refractivity contribution is 6.11. The average molecular weight is 693 g/mol. The fraction of sp³-hybridized carbons (Fsp3) is 0.0851. The van der Waals surface area contributed by atoms with Crippen molar-refractivity contribution in [2.24, 2.45) is 4.99 Å². The zero-order chi connectivity index (χ0) is 36.6. The van der Waals surface area contributed by atoms with Gasteiger partial charge in [0.15, 0.2) is 28.8 Å². The van der Waals surface area contributed by atoms with Gasteiger partial charge in [-0.15, -0.1) is 0 Å². The third-order valence-electron chi connectivity index (χ3n) is 9.11. The molecule has 0 spiro atoms. The van der Waals surface area contributed by atoms with Crippen molar-refractivity contribution in [3.63, 3.8) is 0 Å². The van der Waals surface area contributed by atoms with E-state index in [4.69, 9.17) is 19.9 Å². The number of allylic oxidation sites excluding steroid dienone is 5. The summed E-state index contributed by atoms with van der Waals surface area (Å²) in [5.74, 6) is 3.38. The summed E-state index contributed by atoms with van der Waals surface area (Å²) in [5.41, 5.74) is 7.55. The van der Waals surface area contributed by atoms with Crippen molar-refractivity contribution in [3.05, 3.63) is 188 Å². The molecule has 0 bridgehead atoms. The predicted octanol–water partition coefficient (Wildman–Crippen LogP) is 11.9. The Morgan fingerprint density at radius 2 is 1.51 bits per heavy atom. The van der Waals surface area contributed by atoms with E-state index in [9.17, 15) is 0 Å². The molecule has 0 saturated heterocycles. The minimum absolute atomic E-state index is 0.115. The van der Waals surface area contributed by atoms with Crippen LogP contribution >= 0.6 is 0 Å². The number of hydrogen-bond acceptors (Lipinski definition) is 4. The number of pyridine rings is 1. The number of rotatable bonds is 11. The lowest BCUT2D eigenvalue weighted by Gasteiger charge is -2.22. The number of ether oxygens (including phenoxy) is 2. The van der Waals surface area contributed by atoms with Gasteiger partial charge < -0.3 is 14.8 Å². The van der Waals surface area contributed by atoms with Crippen LogP contribution in [0.5, 0.6) is 23.0 Å². The van der Waals surface area contributed by atoms with Crippen LogP contribution in [0.1, 0.15) is 30.9 Å². The van der Waals surface area contributed by atoms with Crippen LogP contribution < -0.4 is 14.8 Å². The van der Waals surface area contributed by atoms with Crippen molar-refractivity contribution in [3.8, 4) is 45.3 Å². The number of hydrogen-bond donors (Lipinski definition) is 2. The minimum atomic E-state index is -0.115. The number of fused-ring (bicyclic) bond motifs is 3. The molecule has 5 aromatic carbocycles. The number of aromatic nitrogens is 1. The Balaban J connectivity index is 1.37. The molecule has 2 heterocycles. The third-order valence-corrected chi connectivity index (χ3v) is 9.11. The Morgan fingerprint density at radius 3 is 2.30 bits per heavy atom. The molecule has 0 fully saturated rings. The predicted molar refractivity (Wildman–Crippen MR) is 218 cm³/mol. The Morgan fingerprint density at radius 1 is 0.755 bits per heavy atom. The molecule has 1 aliphatic heterocycles. The van der Waals surface area contributed by atoms with E-state index >= 15 is 0 Å². The highest BCUT2D eigenvalue weighted by atomic mass is 16.6. The monoisotopic (exact) mass is 692 g/mol. The van der Waals surface area contributed by atoms with Crippen LogP contribution in [0.3, 0.4) is 0 Å². The molecule has 6 aromatic rings. The molecule has 260 valence electrons. The highest BCUT2D eigenvalue weighted by Crippen LogP contribution is 2.46. The molecule has 1 aliphatic rings. The number of para-hydroxylation sites is 2. The molecule has 0 radical (unpaired) electrons. The van der Waals surface area contributed by atoms with Gasteiger partial charge in [0, 0.05) is 28.8 Å². The maximum Gasteiger partial charge on any atom is 0.170 e. The van der Waals surface area contributed by atoms with Crippen LogP contribution in [0.25, 0.3) is 33.2 Å². The normalized spacial score (nSPS) is 13.0. The van der Waals surface area contributed by atoms with Crippen molar-refractivity contribution in [2.75, 3.05) is 0 Å². The topological polar surface area (TPSA) is 79.6 Å². The van der Waals surface area contributed by atoms with Crippen molar-refractivity contribution >= 4 is 22.6 Å². The first-order chi connectivity index (χ1) is 26.0. The lowest BCUT2D eigenvalue weighted by molar-refractivity contribution is 0.360. The molecule has 2 N–H and O–H groups in total. The summed E-state index contributed by atoms with van der Waals surface area (Å²) in [5, 5.41) is 13.8. The summed E-state index contributed by atoms with van der Waals surface area (Å²) >= 11 is 0. The van der Waals surface area contributed by atoms with E-state index in [0.717, 1.165) is 62.7 Å². The van der Waals surface area contributed by atoms with E-state index in [2.05, 4.69) is 72.9 Å². The van der Waals surface area contributed by atoms with Gasteiger partial charge in [-0.2, -0.15) is 0 Å². The molecule has 7 rings (SSSR count). The van der Waals surface area contributed by atoms with Crippen molar-refractivity contribution in [1.29, 1.82) is 5.41 Å². The van der Waals surface area contributed by atoms with Crippen molar-refractivity contribution < 1.29 is 9.47 Å². The Labute approximate surface area is 310 Å². The lowest BCUT2D eigenvalue weighted by atomic mass is 9.93. The second kappa shape index (κ2) is 16.0. The van der Waals surface area contributed by atoms with Crippen LogP contribution in [0.4, 0.5) is 0 Å². The summed E-state index contributed by atoms with van der Waals surface area (Å²) in [7, 11) is 0. The molecular weight excluding hydrogens is 653 g/mol. The quantitative estimate of drug-likeness (QED) is 0.0803. The third kappa shape index (κ3) is 7.92. The minimum Gasteiger partial charge on any atom is -0.450 e. The smallest absolute Gasteiger partial charge is 0.170 e. The first-order valence-corrected chi connectivity index (χ1v) is 17.7. The fourth-order valence-electron chi connectivity index (χ4n) is 6.44. The van der Waals surface area contributed by atoms with Crippen LogP contribution in [0, 0.1) is 5.41 Å². The molecule has 1 atom stereocenters. The van der Waals surface area contributed by atoms with E-state index in [1.807, 2.05) is 109 Å². The van der Waals surface area contributed by atoms with E-state index in [0.29, 0.717) is 28.8 Å². The van der Waals surface area contributed by atoms with Gasteiger partial charge in [0.1, 0.15) is 5.84 Å². The van der Waals surface area contributed by atoms with E-state index in [1.54, 1.807) is 6.08 Å². The van der Waals surface area contributed by atoms with E-state index in [1.165, 1.54) is 0 Å². The molecular formula is C47H40N4O2. The molecule has 0 saturated carbocycles. The molecule has 53 heavy (non-hydrogen) atoms. The maximum atomic E-state index is 9.09. The lowest BCUT2D eigenvalue weighted by Crippen LogP contribution is -2.35. The zero-order valence-corrected chi connectivity index (χ0v) is 29.6. The summed E-state index contributed by atoms with van der Waals surface area (Å²) in [4.78, 5) is 9.63. The average Bonchev–Trinajstić information content (AvgIpc) is 3.20. The molecule has 0 amide bonds. The van der Waals surface area contributed by atoms with Gasteiger partial charge >= 0.3 is 0 Å². The Hall–Kier alpha value is -6.79. The zero-order valence-electron chi connectivity index (χ0n) is 29.6. The van der Waals surface area contributed by atoms with Crippen molar-refractivity contribution in [1.82, 2.24) is 10.3 Å². The highest BCUT2D eigenvalue weighted by Gasteiger charge is 2.21. The second-order valence-electron chi connectivity index (χ2n) is 12.7. The van der Waals surface area contributed by atoms with Gasteiger partial charge in [-0.1, -0.05) is 110 Å². The summed E-state index contributed by atoms with van der Waals surface area (Å²) in [6.07, 6.45) is 13.2. The van der Waals surface area contributed by atoms with Crippen LogP contribution in [0.2, 0.25) is 0 Å². The fourth-order valence-corrected chi connectivity index (χ4v) is 6.44. The molecule has 1 aromatic heterocycles. The summed E-state index contributed by atoms with van der Waals surface area (Å²) in [6, 6.07) is 39.8. The first kappa shape index (κ1) is 34.6. The van der Waals surface area contributed by atoms with Crippen LogP contribution in [-0.2, 0) is 0 Å². The van der Waals surface area contributed by atoms with Gasteiger partial charge in [0.05, 0.1) is 5.52 Å². The van der Waals surface area contributed by atoms with Crippen LogP contribution in [-0.4, -0.2) is 22.7 Å². The van der Waals surface area contributed by atoms with Gasteiger partial charge in [-0.3, -0.25) is 10.4 Å². The number of nitrogens with one attached hydrogen (secondary N) is 2. The Kier molecular flexibility index (Phi) is 10.5. The molecule has 6 nitrogen and oxygen atoms in total. The number of aliphatic imine (C=N–C) groups is 1. The first-order valence-electron chi connectivity index (χ1n) is 17.7. The van der Waals surface area contributed by atoms with Crippen molar-refractivity contribution in [2.45, 2.75) is 25.8 Å². The summed E-state index contributed by atoms with van der Waals surface area (Å²) in [6.45, 7) is 9.90. The van der Waals surface area contributed by atoms with Gasteiger partial charge in [0.2, 0.25) is 0 Å². The van der Waals surface area contributed by atoms with E-state index in [-0.39, 0.29) is 11.9 Å². The standard InChI is InChI=1S/C47H40N4O2/c1-4-6-7-9-17-33(16-5-2)32(3)50-47(51-46(48)34-18-10-8-11-19-34)38-29-36(28-37(30-38)39-20-14-22-41-40(39)21-15-27-49-41)35-25-26-44-45(31-35)53-43-24-13-12-23-42(43)52-44/h4-8,10-16,18-32H,1-2,9,17H2,3H3,(H2,48,50,51)/b7-6-,33-16+. The number of amidine groups is 2. The summed E-state index contributed by atoms with van der Waals surface area (Å²) < 4.78 is 12.5. The largest absolute Gasteiger partial charge is 0.450 e. The van der Waals surface area contributed by atoms with Gasteiger partial charge in [0.25, 0.3) is 0 Å². The van der Waals surface area contributed by atoms with Gasteiger partial charge in [-0.05, 0) is 102 Å². The maximum absolute atomic E-state index is 9.09. The molecule has 0 aliphatic carbocycles. The molecule has 6 heteroatoms. The van der Waals surface area contributed by atoms with E-state index < -0.39 is 0 Å². The SMILES string of the molecule is C=C/C=C\CC/C(=C\C=C)C(C)N/C(=N\C(=N)c1ccccc1)c1cc(-c2ccc3c(c2)Oc2ccccc2O3)cc(-c2cccc3ncccc23)c1. The number of nitrogens with zero attached hydrogens (tertiary/aromatic N) is 2.